The molecule has 69 valence electrons. The molecule has 1 N–H and O–H groups in total. The molecule has 2 rings (SSSR count). The largest absolute Gasteiger partial charge is 0.507 e. The summed E-state index contributed by atoms with van der Waals surface area (Å²) in [6.45, 7) is 0. The van der Waals surface area contributed by atoms with Crippen LogP contribution in [0.1, 0.15) is 11.1 Å². The average molecular weight is 183 g/mol. The molecule has 1 nitrogen and oxygen atoms in total. The molecule has 0 aliphatic rings. The summed E-state index contributed by atoms with van der Waals surface area (Å²) in [4.78, 5) is 0. The molecule has 0 aromatic heterocycles. The van der Waals surface area contributed by atoms with E-state index in [-0.39, 0.29) is 5.75 Å². The Balaban J connectivity index is 2.19. The Hall–Kier alpha value is -1.76. The number of hydrogen-bond acceptors (Lipinski definition) is 1. The molecule has 0 atom stereocenters. The zero-order chi connectivity index (χ0) is 9.80. The molecule has 2 aromatic carbocycles. The summed E-state index contributed by atoms with van der Waals surface area (Å²) >= 11 is 0. The zero-order valence-corrected chi connectivity index (χ0v) is 7.77. The van der Waals surface area contributed by atoms with E-state index < -0.39 is 0 Å². The van der Waals surface area contributed by atoms with E-state index >= 15 is 0 Å². The van der Waals surface area contributed by atoms with E-state index in [0.717, 1.165) is 12.0 Å². The van der Waals surface area contributed by atoms with Crippen molar-refractivity contribution in [2.45, 2.75) is 6.42 Å². The Morgan fingerprint density at radius 2 is 1.71 bits per heavy atom. The van der Waals surface area contributed by atoms with Crippen LogP contribution in [0.15, 0.2) is 48.5 Å². The van der Waals surface area contributed by atoms with Crippen LogP contribution in [0.4, 0.5) is 0 Å². The van der Waals surface area contributed by atoms with E-state index in [0.29, 0.717) is 0 Å². The van der Waals surface area contributed by atoms with Crippen LogP contribution < -0.4 is 0 Å². The topological polar surface area (TPSA) is 20.2 Å². The molecule has 0 bridgehead atoms. The van der Waals surface area contributed by atoms with Crippen LogP contribution in [0, 0.1) is 6.07 Å². The molecule has 2 aromatic rings. The van der Waals surface area contributed by atoms with Gasteiger partial charge in [0.05, 0.1) is 0 Å². The van der Waals surface area contributed by atoms with E-state index in [1.54, 1.807) is 6.07 Å². The van der Waals surface area contributed by atoms with Gasteiger partial charge in [0.1, 0.15) is 5.75 Å². The van der Waals surface area contributed by atoms with Gasteiger partial charge < -0.3 is 5.11 Å². The predicted molar refractivity (Wildman–Crippen MR) is 56.2 cm³/mol. The van der Waals surface area contributed by atoms with Gasteiger partial charge in [-0.25, -0.2) is 0 Å². The second-order valence-electron chi connectivity index (χ2n) is 3.22. The highest BCUT2D eigenvalue weighted by atomic mass is 16.3. The van der Waals surface area contributed by atoms with Crippen molar-refractivity contribution in [2.24, 2.45) is 0 Å². The third-order valence-electron chi connectivity index (χ3n) is 2.08. The van der Waals surface area contributed by atoms with E-state index in [2.05, 4.69) is 18.2 Å². The molecular weight excluding hydrogens is 172 g/mol. The van der Waals surface area contributed by atoms with Crippen LogP contribution in [0.5, 0.6) is 5.75 Å². The predicted octanol–water partition coefficient (Wildman–Crippen LogP) is 2.78. The van der Waals surface area contributed by atoms with E-state index in [1.807, 2.05) is 30.3 Å². The third kappa shape index (κ3) is 2.13. The van der Waals surface area contributed by atoms with Gasteiger partial charge in [-0.15, -0.1) is 0 Å². The number of benzene rings is 2. The Bertz CT molecular complexity index is 407. The third-order valence-corrected chi connectivity index (χ3v) is 2.08. The average Bonchev–Trinajstić information content (AvgIpc) is 2.19. The highest BCUT2D eigenvalue weighted by Gasteiger charge is 1.96. The smallest absolute Gasteiger partial charge is 0.123 e. The quantitative estimate of drug-likeness (QED) is 0.759. The van der Waals surface area contributed by atoms with Crippen molar-refractivity contribution >= 4 is 0 Å². The van der Waals surface area contributed by atoms with Crippen molar-refractivity contribution < 1.29 is 5.11 Å². The van der Waals surface area contributed by atoms with Crippen molar-refractivity contribution in [1.29, 1.82) is 0 Å². The lowest BCUT2D eigenvalue weighted by atomic mass is 10.1. The number of phenolic OH excluding ortho intramolecular Hbond substituents is 1. The summed E-state index contributed by atoms with van der Waals surface area (Å²) < 4.78 is 0. The lowest BCUT2D eigenvalue weighted by molar-refractivity contribution is 0.473. The minimum atomic E-state index is 0.207. The summed E-state index contributed by atoms with van der Waals surface area (Å²) in [6, 6.07) is 18.5. The molecule has 0 aliphatic carbocycles. The molecule has 14 heavy (non-hydrogen) atoms. The lowest BCUT2D eigenvalue weighted by Crippen LogP contribution is -1.86. The Morgan fingerprint density at radius 1 is 0.929 bits per heavy atom. The Morgan fingerprint density at radius 3 is 2.43 bits per heavy atom. The van der Waals surface area contributed by atoms with Crippen molar-refractivity contribution in [3.8, 4) is 5.75 Å². The van der Waals surface area contributed by atoms with Crippen LogP contribution in [0.25, 0.3) is 0 Å². The fourth-order valence-electron chi connectivity index (χ4n) is 1.42. The van der Waals surface area contributed by atoms with Gasteiger partial charge in [-0.05, 0) is 23.6 Å². The van der Waals surface area contributed by atoms with Gasteiger partial charge in [0.15, 0.2) is 0 Å². The fourth-order valence-corrected chi connectivity index (χ4v) is 1.42. The maximum atomic E-state index is 9.24. The van der Waals surface area contributed by atoms with Gasteiger partial charge in [-0.2, -0.15) is 0 Å². The Kier molecular flexibility index (Phi) is 2.50. The van der Waals surface area contributed by atoms with E-state index in [9.17, 15) is 5.11 Å². The zero-order valence-electron chi connectivity index (χ0n) is 7.77. The van der Waals surface area contributed by atoms with E-state index in [1.165, 1.54) is 5.56 Å². The summed E-state index contributed by atoms with van der Waals surface area (Å²) in [5, 5.41) is 9.24. The molecule has 0 saturated heterocycles. The summed E-state index contributed by atoms with van der Waals surface area (Å²) in [5.41, 5.74) is 2.24. The van der Waals surface area contributed by atoms with Crippen LogP contribution in [-0.4, -0.2) is 5.11 Å². The number of aromatic hydroxyl groups is 1. The van der Waals surface area contributed by atoms with E-state index in [4.69, 9.17) is 0 Å². The molecular formula is C13H11O. The molecule has 0 aliphatic heterocycles. The van der Waals surface area contributed by atoms with Crippen LogP contribution >= 0.6 is 0 Å². The molecule has 0 heterocycles. The normalized spacial score (nSPS) is 10.0. The molecule has 0 unspecified atom stereocenters. The molecule has 0 saturated carbocycles. The molecule has 1 radical (unpaired) electrons. The van der Waals surface area contributed by atoms with Crippen LogP contribution in [0.2, 0.25) is 0 Å². The van der Waals surface area contributed by atoms with Crippen LogP contribution in [0.3, 0.4) is 0 Å². The fraction of sp³-hybridized carbons (Fsp3) is 0.0769. The van der Waals surface area contributed by atoms with Crippen molar-refractivity contribution in [3.63, 3.8) is 0 Å². The minimum Gasteiger partial charge on any atom is -0.507 e. The molecule has 0 amide bonds. The monoisotopic (exact) mass is 183 g/mol. The molecule has 0 spiro atoms. The van der Waals surface area contributed by atoms with Crippen molar-refractivity contribution in [1.82, 2.24) is 0 Å². The summed E-state index contributed by atoms with van der Waals surface area (Å²) in [5.74, 6) is 0.207. The SMILES string of the molecule is Oc1[c]c(Cc2ccccc2)ccc1. The number of phenols is 1. The van der Waals surface area contributed by atoms with Gasteiger partial charge in [0, 0.05) is 6.07 Å². The highest BCUT2D eigenvalue weighted by Crippen LogP contribution is 2.13. The number of rotatable bonds is 2. The molecule has 1 heteroatoms. The number of hydrogen-bond donors (Lipinski definition) is 1. The van der Waals surface area contributed by atoms with Crippen molar-refractivity contribution in [3.05, 3.63) is 65.7 Å². The van der Waals surface area contributed by atoms with Crippen LogP contribution in [-0.2, 0) is 6.42 Å². The maximum absolute atomic E-state index is 9.24. The first-order valence-electron chi connectivity index (χ1n) is 4.59. The van der Waals surface area contributed by atoms with Gasteiger partial charge in [0.25, 0.3) is 0 Å². The van der Waals surface area contributed by atoms with Gasteiger partial charge in [-0.3, -0.25) is 0 Å². The Labute approximate surface area is 83.6 Å². The second-order valence-corrected chi connectivity index (χ2v) is 3.22. The second kappa shape index (κ2) is 3.97. The minimum absolute atomic E-state index is 0.207. The van der Waals surface area contributed by atoms with Gasteiger partial charge in [-0.1, -0.05) is 42.5 Å². The van der Waals surface area contributed by atoms with Crippen molar-refractivity contribution in [2.75, 3.05) is 0 Å². The molecule has 0 fully saturated rings. The summed E-state index contributed by atoms with van der Waals surface area (Å²) in [7, 11) is 0. The van der Waals surface area contributed by atoms with Gasteiger partial charge >= 0.3 is 0 Å². The van der Waals surface area contributed by atoms with Gasteiger partial charge in [0.2, 0.25) is 0 Å². The standard InChI is InChI=1S/C13H11O/c14-13-8-4-7-12(10-13)9-11-5-2-1-3-6-11/h1-8,14H,9H2. The highest BCUT2D eigenvalue weighted by molar-refractivity contribution is 5.30. The first-order valence-corrected chi connectivity index (χ1v) is 4.59. The first-order chi connectivity index (χ1) is 6.84. The maximum Gasteiger partial charge on any atom is 0.123 e. The first kappa shape index (κ1) is 8.82. The summed E-state index contributed by atoms with van der Waals surface area (Å²) in [6.07, 6.45) is 0.815. The lowest BCUT2D eigenvalue weighted by Gasteiger charge is -2.01.